The van der Waals surface area contributed by atoms with E-state index in [4.69, 9.17) is 0 Å². The summed E-state index contributed by atoms with van der Waals surface area (Å²) in [5, 5.41) is 0. The lowest BCUT2D eigenvalue weighted by Crippen LogP contribution is -2.39. The Kier molecular flexibility index (Phi) is 2.62. The number of fused-ring (bicyclic) bond motifs is 1. The molecule has 0 fully saturated rings. The van der Waals surface area contributed by atoms with Gasteiger partial charge in [-0.3, -0.25) is 4.79 Å². The number of benzene rings is 1. The first kappa shape index (κ1) is 9.76. The van der Waals surface area contributed by atoms with Crippen molar-refractivity contribution < 1.29 is 4.79 Å². The molecule has 1 aliphatic rings. The lowest BCUT2D eigenvalue weighted by Gasteiger charge is -2.33. The maximum absolute atomic E-state index is 11.4. The van der Waals surface area contributed by atoms with Gasteiger partial charge in [0, 0.05) is 20.0 Å². The average Bonchev–Trinajstić information content (AvgIpc) is 2.18. The number of hydrogen-bond donors (Lipinski definition) is 0. The summed E-state index contributed by atoms with van der Waals surface area (Å²) in [7, 11) is 0. The van der Waals surface area contributed by atoms with E-state index in [0.717, 1.165) is 24.5 Å². The fraction of sp³-hybridized carbons (Fsp3) is 0.300. The van der Waals surface area contributed by atoms with E-state index in [0.29, 0.717) is 0 Å². The van der Waals surface area contributed by atoms with E-state index in [1.165, 1.54) is 0 Å². The molecule has 0 N–H and O–H groups in total. The highest BCUT2D eigenvalue weighted by atomic mass is 127. The summed E-state index contributed by atoms with van der Waals surface area (Å²) >= 11 is 2.28. The third kappa shape index (κ3) is 1.58. The van der Waals surface area contributed by atoms with Crippen molar-refractivity contribution in [3.8, 4) is 0 Å². The normalized spacial score (nSPS) is 15.3. The number of amides is 1. The van der Waals surface area contributed by atoms with Crippen LogP contribution < -0.4 is 8.01 Å². The molecule has 1 aromatic carbocycles. The van der Waals surface area contributed by atoms with E-state index < -0.39 is 0 Å². The first-order valence-corrected chi connectivity index (χ1v) is 5.47. The second kappa shape index (κ2) is 3.76. The minimum atomic E-state index is 0.113. The predicted octanol–water partition coefficient (Wildman–Crippen LogP) is 2.21. The van der Waals surface area contributed by atoms with Crippen LogP contribution in [0.25, 0.3) is 0 Å². The van der Waals surface area contributed by atoms with Gasteiger partial charge in [0.25, 0.3) is 0 Å². The molecule has 3 nitrogen and oxygen atoms in total. The molecule has 0 atom stereocenters. The second-order valence-corrected chi connectivity index (χ2v) is 4.41. The Morgan fingerprint density at radius 2 is 1.93 bits per heavy atom. The zero-order valence-corrected chi connectivity index (χ0v) is 10.1. The van der Waals surface area contributed by atoms with Gasteiger partial charge in [-0.25, -0.2) is 0 Å². The smallest absolute Gasteiger partial charge is 0.223 e. The monoisotopic (exact) mass is 302 g/mol. The van der Waals surface area contributed by atoms with E-state index in [1.54, 1.807) is 6.92 Å². The number of hydrogen-bond acceptors (Lipinski definition) is 2. The van der Waals surface area contributed by atoms with Crippen molar-refractivity contribution in [2.75, 3.05) is 21.1 Å². The van der Waals surface area contributed by atoms with Crippen molar-refractivity contribution in [1.29, 1.82) is 0 Å². The number of nitrogens with zero attached hydrogens (tertiary/aromatic N) is 2. The minimum Gasteiger partial charge on any atom is -0.311 e. The molecule has 1 amide bonds. The second-order valence-electron chi connectivity index (χ2n) is 3.25. The summed E-state index contributed by atoms with van der Waals surface area (Å²) in [4.78, 5) is 13.2. The standard InChI is InChI=1S/C10H11IN2O/c1-8(14)12-6-7-13(11)10-5-3-2-4-9(10)12/h2-5H,6-7H2,1H3. The lowest BCUT2D eigenvalue weighted by molar-refractivity contribution is -0.116. The van der Waals surface area contributed by atoms with Crippen molar-refractivity contribution in [2.24, 2.45) is 0 Å². The summed E-state index contributed by atoms with van der Waals surface area (Å²) in [5.74, 6) is 0.113. The zero-order valence-electron chi connectivity index (χ0n) is 7.90. The molecule has 1 heterocycles. The molecule has 0 aromatic heterocycles. The van der Waals surface area contributed by atoms with Crippen LogP contribution in [0.2, 0.25) is 0 Å². The number of halogens is 1. The molecule has 4 heteroatoms. The molecule has 0 radical (unpaired) electrons. The molecular weight excluding hydrogens is 291 g/mol. The summed E-state index contributed by atoms with van der Waals surface area (Å²) in [6.07, 6.45) is 0. The van der Waals surface area contributed by atoms with Gasteiger partial charge in [-0.05, 0) is 12.1 Å². The van der Waals surface area contributed by atoms with Gasteiger partial charge in [0.1, 0.15) is 0 Å². The van der Waals surface area contributed by atoms with Crippen LogP contribution in [0.3, 0.4) is 0 Å². The Hall–Kier alpha value is -0.780. The average molecular weight is 302 g/mol. The van der Waals surface area contributed by atoms with Crippen molar-refractivity contribution in [1.82, 2.24) is 0 Å². The van der Waals surface area contributed by atoms with Gasteiger partial charge in [0.15, 0.2) is 0 Å². The third-order valence-corrected chi connectivity index (χ3v) is 3.34. The molecule has 0 aliphatic carbocycles. The molecular formula is C10H11IN2O. The molecule has 0 unspecified atom stereocenters. The van der Waals surface area contributed by atoms with Gasteiger partial charge in [0.05, 0.1) is 34.2 Å². The fourth-order valence-electron chi connectivity index (χ4n) is 1.65. The maximum atomic E-state index is 11.4. The van der Waals surface area contributed by atoms with Gasteiger partial charge >= 0.3 is 0 Å². The van der Waals surface area contributed by atoms with E-state index in [-0.39, 0.29) is 5.91 Å². The number of para-hydroxylation sites is 2. The Bertz CT molecular complexity index is 367. The SMILES string of the molecule is CC(=O)N1CCN(I)c2ccccc21. The van der Waals surface area contributed by atoms with E-state index >= 15 is 0 Å². The third-order valence-electron chi connectivity index (χ3n) is 2.33. The van der Waals surface area contributed by atoms with Crippen LogP contribution in [0.15, 0.2) is 24.3 Å². The molecule has 2 rings (SSSR count). The Labute approximate surface area is 97.2 Å². The first-order chi connectivity index (χ1) is 6.70. The predicted molar refractivity (Wildman–Crippen MR) is 65.8 cm³/mol. The van der Waals surface area contributed by atoms with Crippen LogP contribution in [0.1, 0.15) is 6.92 Å². The lowest BCUT2D eigenvalue weighted by atomic mass is 10.2. The quantitative estimate of drug-likeness (QED) is 0.542. The number of carbonyl (C=O) groups is 1. The summed E-state index contributed by atoms with van der Waals surface area (Å²) in [5.41, 5.74) is 2.13. The van der Waals surface area contributed by atoms with E-state index in [2.05, 4.69) is 26.0 Å². The van der Waals surface area contributed by atoms with Crippen molar-refractivity contribution in [3.63, 3.8) is 0 Å². The van der Waals surface area contributed by atoms with E-state index in [1.807, 2.05) is 29.2 Å². The Balaban J connectivity index is 2.46. The van der Waals surface area contributed by atoms with Gasteiger partial charge in [0.2, 0.25) is 5.91 Å². The molecule has 1 aliphatic heterocycles. The van der Waals surface area contributed by atoms with Gasteiger partial charge < -0.3 is 8.01 Å². The number of rotatable bonds is 0. The molecule has 0 bridgehead atoms. The maximum Gasteiger partial charge on any atom is 0.223 e. The molecule has 0 saturated carbocycles. The highest BCUT2D eigenvalue weighted by molar-refractivity contribution is 14.1. The van der Waals surface area contributed by atoms with Crippen LogP contribution in [0, 0.1) is 0 Å². The van der Waals surface area contributed by atoms with Crippen molar-refractivity contribution in [2.45, 2.75) is 6.92 Å². The molecule has 74 valence electrons. The van der Waals surface area contributed by atoms with E-state index in [9.17, 15) is 4.79 Å². The van der Waals surface area contributed by atoms with Crippen LogP contribution in [0.4, 0.5) is 11.4 Å². The summed E-state index contributed by atoms with van der Waals surface area (Å²) in [6.45, 7) is 3.27. The Morgan fingerprint density at radius 1 is 1.29 bits per heavy atom. The molecule has 1 aromatic rings. The topological polar surface area (TPSA) is 23.6 Å². The van der Waals surface area contributed by atoms with Gasteiger partial charge in [-0.15, -0.1) is 0 Å². The van der Waals surface area contributed by atoms with Crippen molar-refractivity contribution in [3.05, 3.63) is 24.3 Å². The van der Waals surface area contributed by atoms with Gasteiger partial charge in [-0.2, -0.15) is 0 Å². The number of anilines is 2. The molecule has 14 heavy (non-hydrogen) atoms. The van der Waals surface area contributed by atoms with Crippen LogP contribution in [0.5, 0.6) is 0 Å². The Morgan fingerprint density at radius 3 is 2.57 bits per heavy atom. The van der Waals surface area contributed by atoms with Gasteiger partial charge in [-0.1, -0.05) is 12.1 Å². The largest absolute Gasteiger partial charge is 0.311 e. The highest BCUT2D eigenvalue weighted by Gasteiger charge is 2.22. The number of carbonyl (C=O) groups excluding carboxylic acids is 1. The fourth-order valence-corrected chi connectivity index (χ4v) is 2.28. The summed E-state index contributed by atoms with van der Waals surface area (Å²) < 4.78 is 2.15. The zero-order chi connectivity index (χ0) is 10.1. The van der Waals surface area contributed by atoms with Crippen LogP contribution >= 0.6 is 22.9 Å². The molecule has 0 saturated heterocycles. The highest BCUT2D eigenvalue weighted by Crippen LogP contribution is 2.34. The molecule has 0 spiro atoms. The van der Waals surface area contributed by atoms with Crippen LogP contribution in [-0.4, -0.2) is 19.0 Å². The van der Waals surface area contributed by atoms with Crippen LogP contribution in [-0.2, 0) is 4.79 Å². The minimum absolute atomic E-state index is 0.113. The van der Waals surface area contributed by atoms with Crippen molar-refractivity contribution >= 4 is 40.1 Å². The first-order valence-electron chi connectivity index (χ1n) is 4.50. The summed E-state index contributed by atoms with van der Waals surface area (Å²) in [6, 6.07) is 7.98.